The van der Waals surface area contributed by atoms with Crippen LogP contribution in [0.3, 0.4) is 0 Å². The van der Waals surface area contributed by atoms with Crippen LogP contribution in [0.25, 0.3) is 21.8 Å². The molecule has 0 radical (unpaired) electrons. The predicted molar refractivity (Wildman–Crippen MR) is 96.1 cm³/mol. The zero-order valence-corrected chi connectivity index (χ0v) is 14.5. The van der Waals surface area contributed by atoms with E-state index < -0.39 is 0 Å². The van der Waals surface area contributed by atoms with E-state index >= 15 is 0 Å². The van der Waals surface area contributed by atoms with Crippen LogP contribution in [0.1, 0.15) is 41.0 Å². The number of hydrogen-bond acceptors (Lipinski definition) is 4. The van der Waals surface area contributed by atoms with Gasteiger partial charge in [-0.25, -0.2) is 0 Å². The van der Waals surface area contributed by atoms with Crippen LogP contribution < -0.4 is 0 Å². The predicted octanol–water partition coefficient (Wildman–Crippen LogP) is 3.76. The molecule has 25 heavy (non-hydrogen) atoms. The first kappa shape index (κ1) is 16.9. The van der Waals surface area contributed by atoms with Crippen molar-refractivity contribution in [3.8, 4) is 0 Å². The molecule has 0 N–H and O–H groups in total. The third kappa shape index (κ3) is 3.05. The largest absolute Gasteiger partial charge is 0.469 e. The van der Waals surface area contributed by atoms with Gasteiger partial charge in [-0.3, -0.25) is 14.4 Å². The first-order valence-electron chi connectivity index (χ1n) is 8.07. The second kappa shape index (κ2) is 6.51. The molecule has 0 aliphatic carbocycles. The number of Topliss-reactive ketones (excluding diaryl/α,β-unsaturated/α-hetero) is 2. The van der Waals surface area contributed by atoms with Crippen molar-refractivity contribution in [2.75, 3.05) is 7.11 Å². The van der Waals surface area contributed by atoms with Crippen molar-refractivity contribution < 1.29 is 19.1 Å². The minimum Gasteiger partial charge on any atom is -0.469 e. The molecule has 0 amide bonds. The van der Waals surface area contributed by atoms with E-state index in [1.807, 2.05) is 28.8 Å². The Balaban J connectivity index is 2.26. The molecule has 0 fully saturated rings. The fourth-order valence-electron chi connectivity index (χ4n) is 3.09. The van der Waals surface area contributed by atoms with Gasteiger partial charge in [0, 0.05) is 39.5 Å². The molecule has 1 heterocycles. The fourth-order valence-corrected chi connectivity index (χ4v) is 3.09. The maximum Gasteiger partial charge on any atom is 0.307 e. The normalized spacial score (nSPS) is 11.0. The average Bonchev–Trinajstić information content (AvgIpc) is 2.91. The van der Waals surface area contributed by atoms with E-state index in [0.717, 1.165) is 21.8 Å². The van der Waals surface area contributed by atoms with Crippen LogP contribution >= 0.6 is 0 Å². The number of carbonyl (C=O) groups excluding carboxylic acids is 3. The molecule has 0 bridgehead atoms. The third-order valence-corrected chi connectivity index (χ3v) is 4.45. The van der Waals surface area contributed by atoms with Crippen LogP contribution in [0.2, 0.25) is 0 Å². The lowest BCUT2D eigenvalue weighted by atomic mass is 10.0. The van der Waals surface area contributed by atoms with Gasteiger partial charge in [-0.1, -0.05) is 0 Å². The first-order chi connectivity index (χ1) is 11.9. The maximum atomic E-state index is 11.7. The van der Waals surface area contributed by atoms with Crippen LogP contribution in [0.15, 0.2) is 36.4 Å². The third-order valence-electron chi connectivity index (χ3n) is 4.45. The number of carbonyl (C=O) groups is 3. The van der Waals surface area contributed by atoms with E-state index in [2.05, 4.69) is 0 Å². The molecule has 5 heteroatoms. The Morgan fingerprint density at radius 2 is 1.36 bits per heavy atom. The van der Waals surface area contributed by atoms with Gasteiger partial charge >= 0.3 is 5.97 Å². The highest BCUT2D eigenvalue weighted by molar-refractivity contribution is 6.12. The van der Waals surface area contributed by atoms with Crippen molar-refractivity contribution in [3.63, 3.8) is 0 Å². The van der Waals surface area contributed by atoms with E-state index in [1.165, 1.54) is 21.0 Å². The van der Waals surface area contributed by atoms with E-state index in [1.54, 1.807) is 12.1 Å². The summed E-state index contributed by atoms with van der Waals surface area (Å²) in [5, 5.41) is 1.80. The Hall–Kier alpha value is -2.95. The number of fused-ring (bicyclic) bond motifs is 3. The summed E-state index contributed by atoms with van der Waals surface area (Å²) in [4.78, 5) is 35.0. The van der Waals surface area contributed by atoms with Gasteiger partial charge in [-0.2, -0.15) is 0 Å². The molecule has 0 saturated carbocycles. The molecule has 128 valence electrons. The van der Waals surface area contributed by atoms with E-state index in [4.69, 9.17) is 4.74 Å². The van der Waals surface area contributed by atoms with Gasteiger partial charge in [0.1, 0.15) is 0 Å². The van der Waals surface area contributed by atoms with Crippen LogP contribution in [0, 0.1) is 0 Å². The fraction of sp³-hybridized carbons (Fsp3) is 0.250. The summed E-state index contributed by atoms with van der Waals surface area (Å²) in [6, 6.07) is 11.0. The van der Waals surface area contributed by atoms with Crippen LogP contribution in [0.4, 0.5) is 0 Å². The van der Waals surface area contributed by atoms with E-state index in [9.17, 15) is 14.4 Å². The minimum atomic E-state index is -0.282. The zero-order valence-electron chi connectivity index (χ0n) is 14.5. The molecule has 0 aliphatic rings. The van der Waals surface area contributed by atoms with Crippen LogP contribution in [-0.4, -0.2) is 29.2 Å². The van der Waals surface area contributed by atoms with Gasteiger partial charge in [-0.05, 0) is 50.2 Å². The molecule has 3 rings (SSSR count). The highest BCUT2D eigenvalue weighted by Crippen LogP contribution is 2.31. The molecule has 0 unspecified atom stereocenters. The number of rotatable bonds is 5. The topological polar surface area (TPSA) is 65.4 Å². The van der Waals surface area contributed by atoms with Gasteiger partial charge in [0.25, 0.3) is 0 Å². The van der Waals surface area contributed by atoms with Crippen molar-refractivity contribution in [2.24, 2.45) is 0 Å². The van der Waals surface area contributed by atoms with Gasteiger partial charge < -0.3 is 9.30 Å². The van der Waals surface area contributed by atoms with Crippen LogP contribution in [0.5, 0.6) is 0 Å². The molecule has 0 aliphatic heterocycles. The molecule has 2 aromatic carbocycles. The lowest BCUT2D eigenvalue weighted by Gasteiger charge is -2.07. The Bertz CT molecular complexity index is 942. The SMILES string of the molecule is COC(=O)CCn1c2ccc(C(C)=O)cc2c2cc(C(C)=O)ccc21. The molecule has 0 atom stereocenters. The molecule has 1 aromatic heterocycles. The summed E-state index contributed by atoms with van der Waals surface area (Å²) in [5.41, 5.74) is 3.08. The highest BCUT2D eigenvalue weighted by atomic mass is 16.5. The van der Waals surface area contributed by atoms with E-state index in [0.29, 0.717) is 17.7 Å². The number of aryl methyl sites for hydroxylation is 1. The molecular formula is C20H19NO4. The van der Waals surface area contributed by atoms with Gasteiger partial charge in [0.15, 0.2) is 11.6 Å². The molecular weight excluding hydrogens is 318 g/mol. The number of benzene rings is 2. The Kier molecular flexibility index (Phi) is 4.40. The summed E-state index contributed by atoms with van der Waals surface area (Å²) in [6.07, 6.45) is 0.248. The molecule has 0 saturated heterocycles. The summed E-state index contributed by atoms with van der Waals surface area (Å²) >= 11 is 0. The standard InChI is InChI=1S/C20H19NO4/c1-12(22)14-4-6-18-16(10-14)17-11-15(13(2)23)5-7-19(17)21(18)9-8-20(24)25-3/h4-7,10-11H,8-9H2,1-3H3. The summed E-state index contributed by atoms with van der Waals surface area (Å²) in [5.74, 6) is -0.309. The van der Waals surface area contributed by atoms with Crippen molar-refractivity contribution in [3.05, 3.63) is 47.5 Å². The summed E-state index contributed by atoms with van der Waals surface area (Å²) in [6.45, 7) is 3.52. The van der Waals surface area contributed by atoms with Crippen molar-refractivity contribution in [1.29, 1.82) is 0 Å². The Morgan fingerprint density at radius 1 is 0.880 bits per heavy atom. The number of hydrogen-bond donors (Lipinski definition) is 0. The Labute approximate surface area is 145 Å². The average molecular weight is 337 g/mol. The first-order valence-corrected chi connectivity index (χ1v) is 8.07. The second-order valence-corrected chi connectivity index (χ2v) is 6.05. The number of ketones is 2. The van der Waals surface area contributed by atoms with Gasteiger partial charge in [0.2, 0.25) is 0 Å². The van der Waals surface area contributed by atoms with Crippen LogP contribution in [-0.2, 0) is 16.1 Å². The second-order valence-electron chi connectivity index (χ2n) is 6.05. The van der Waals surface area contributed by atoms with Crippen molar-refractivity contribution >= 4 is 39.3 Å². The lowest BCUT2D eigenvalue weighted by Crippen LogP contribution is -2.07. The number of nitrogens with zero attached hydrogens (tertiary/aromatic N) is 1. The quantitative estimate of drug-likeness (QED) is 0.525. The zero-order chi connectivity index (χ0) is 18.1. The Morgan fingerprint density at radius 3 is 1.76 bits per heavy atom. The number of esters is 1. The number of methoxy groups -OCH3 is 1. The highest BCUT2D eigenvalue weighted by Gasteiger charge is 2.15. The van der Waals surface area contributed by atoms with E-state index in [-0.39, 0.29) is 24.0 Å². The van der Waals surface area contributed by atoms with Crippen molar-refractivity contribution in [1.82, 2.24) is 4.57 Å². The van der Waals surface area contributed by atoms with Gasteiger partial charge in [-0.15, -0.1) is 0 Å². The summed E-state index contributed by atoms with van der Waals surface area (Å²) < 4.78 is 6.76. The smallest absolute Gasteiger partial charge is 0.307 e. The minimum absolute atomic E-state index is 0.0138. The lowest BCUT2D eigenvalue weighted by molar-refractivity contribution is -0.140. The maximum absolute atomic E-state index is 11.7. The summed E-state index contributed by atoms with van der Waals surface area (Å²) in [7, 11) is 1.37. The molecule has 0 spiro atoms. The monoisotopic (exact) mass is 337 g/mol. The number of ether oxygens (including phenoxy) is 1. The molecule has 5 nitrogen and oxygen atoms in total. The van der Waals surface area contributed by atoms with Gasteiger partial charge in [0.05, 0.1) is 13.5 Å². The molecule has 3 aromatic rings. The number of aromatic nitrogens is 1. The van der Waals surface area contributed by atoms with Crippen molar-refractivity contribution in [2.45, 2.75) is 26.8 Å².